The van der Waals surface area contributed by atoms with Gasteiger partial charge in [0, 0.05) is 38.3 Å². The molecule has 2 aliphatic heterocycles. The summed E-state index contributed by atoms with van der Waals surface area (Å²) in [7, 11) is 3.16. The maximum absolute atomic E-state index is 13.2. The Morgan fingerprint density at radius 2 is 1.85 bits per heavy atom. The zero-order valence-electron chi connectivity index (χ0n) is 19.2. The molecule has 2 heterocycles. The Kier molecular flexibility index (Phi) is 7.47. The van der Waals surface area contributed by atoms with Crippen LogP contribution in [0.25, 0.3) is 0 Å². The van der Waals surface area contributed by atoms with Gasteiger partial charge in [-0.05, 0) is 29.3 Å². The third-order valence-corrected chi connectivity index (χ3v) is 6.25. The number of carbonyl (C=O) groups is 2. The van der Waals surface area contributed by atoms with Crippen LogP contribution >= 0.6 is 0 Å². The molecule has 0 bridgehead atoms. The Morgan fingerprint density at radius 3 is 2.58 bits per heavy atom. The van der Waals surface area contributed by atoms with Crippen LogP contribution in [0.2, 0.25) is 0 Å². The van der Waals surface area contributed by atoms with Gasteiger partial charge in [0.25, 0.3) is 5.91 Å². The first-order valence-electron chi connectivity index (χ1n) is 11.3. The van der Waals surface area contributed by atoms with Crippen molar-refractivity contribution < 1.29 is 23.8 Å². The van der Waals surface area contributed by atoms with Gasteiger partial charge in [0.05, 0.1) is 39.9 Å². The summed E-state index contributed by atoms with van der Waals surface area (Å²) in [6.07, 6.45) is 0.165. The zero-order valence-corrected chi connectivity index (χ0v) is 19.2. The molecule has 2 amide bonds. The van der Waals surface area contributed by atoms with Crippen molar-refractivity contribution in [3.63, 3.8) is 0 Å². The largest absolute Gasteiger partial charge is 0.493 e. The van der Waals surface area contributed by atoms with Gasteiger partial charge < -0.3 is 24.4 Å². The molecule has 1 saturated heterocycles. The second kappa shape index (κ2) is 10.7. The van der Waals surface area contributed by atoms with Crippen molar-refractivity contribution in [1.82, 2.24) is 15.1 Å². The van der Waals surface area contributed by atoms with E-state index in [1.165, 1.54) is 0 Å². The molecule has 4 rings (SSSR count). The SMILES string of the molecule is COc1ccc([C@H](CC(=O)NCCN2CCOCC2)N2Cc3ccccc3C2=O)cc1OC. The highest BCUT2D eigenvalue weighted by Gasteiger charge is 2.34. The fourth-order valence-electron chi connectivity index (χ4n) is 4.42. The number of hydrogen-bond acceptors (Lipinski definition) is 6. The van der Waals surface area contributed by atoms with Gasteiger partial charge in [-0.15, -0.1) is 0 Å². The minimum Gasteiger partial charge on any atom is -0.493 e. The van der Waals surface area contributed by atoms with Crippen molar-refractivity contribution in [2.75, 3.05) is 53.6 Å². The number of amides is 2. The van der Waals surface area contributed by atoms with Gasteiger partial charge in [-0.3, -0.25) is 14.5 Å². The molecule has 1 fully saturated rings. The maximum Gasteiger partial charge on any atom is 0.255 e. The van der Waals surface area contributed by atoms with E-state index in [0.717, 1.165) is 44.0 Å². The number of carbonyl (C=O) groups excluding carboxylic acids is 2. The molecular formula is C25H31N3O5. The van der Waals surface area contributed by atoms with E-state index in [1.807, 2.05) is 42.5 Å². The van der Waals surface area contributed by atoms with E-state index in [4.69, 9.17) is 14.2 Å². The van der Waals surface area contributed by atoms with Gasteiger partial charge in [0.2, 0.25) is 5.91 Å². The van der Waals surface area contributed by atoms with E-state index in [2.05, 4.69) is 10.2 Å². The Hall–Kier alpha value is -3.10. The number of hydrogen-bond donors (Lipinski definition) is 1. The summed E-state index contributed by atoms with van der Waals surface area (Å²) in [5.41, 5.74) is 2.49. The first-order chi connectivity index (χ1) is 16.1. The smallest absolute Gasteiger partial charge is 0.255 e. The van der Waals surface area contributed by atoms with Crippen molar-refractivity contribution in [3.8, 4) is 11.5 Å². The van der Waals surface area contributed by atoms with E-state index in [-0.39, 0.29) is 18.2 Å². The average molecular weight is 454 g/mol. The van der Waals surface area contributed by atoms with Crippen LogP contribution < -0.4 is 14.8 Å². The molecule has 2 aliphatic rings. The van der Waals surface area contributed by atoms with Crippen LogP contribution in [0, 0.1) is 0 Å². The number of morpholine rings is 1. The molecule has 0 aliphatic carbocycles. The number of fused-ring (bicyclic) bond motifs is 1. The molecular weight excluding hydrogens is 422 g/mol. The molecule has 0 saturated carbocycles. The molecule has 8 heteroatoms. The summed E-state index contributed by atoms with van der Waals surface area (Å²) < 4.78 is 16.2. The zero-order chi connectivity index (χ0) is 23.2. The van der Waals surface area contributed by atoms with E-state index in [0.29, 0.717) is 30.2 Å². The molecule has 8 nitrogen and oxygen atoms in total. The van der Waals surface area contributed by atoms with Gasteiger partial charge in [-0.1, -0.05) is 24.3 Å². The van der Waals surface area contributed by atoms with E-state index in [1.54, 1.807) is 19.1 Å². The molecule has 0 spiro atoms. The van der Waals surface area contributed by atoms with E-state index in [9.17, 15) is 9.59 Å². The van der Waals surface area contributed by atoms with Crippen LogP contribution in [0.4, 0.5) is 0 Å². The Balaban J connectivity index is 1.51. The fraction of sp³-hybridized carbons (Fsp3) is 0.440. The lowest BCUT2D eigenvalue weighted by Crippen LogP contribution is -2.42. The number of ether oxygens (including phenoxy) is 3. The third-order valence-electron chi connectivity index (χ3n) is 6.25. The number of nitrogens with zero attached hydrogens (tertiary/aromatic N) is 2. The van der Waals surface area contributed by atoms with Crippen LogP contribution in [0.5, 0.6) is 11.5 Å². The quantitative estimate of drug-likeness (QED) is 0.627. The Morgan fingerprint density at radius 1 is 1.09 bits per heavy atom. The predicted octanol–water partition coefficient (Wildman–Crippen LogP) is 2.24. The molecule has 0 aromatic heterocycles. The van der Waals surface area contributed by atoms with Gasteiger partial charge in [-0.25, -0.2) is 0 Å². The Labute approximate surface area is 194 Å². The van der Waals surface area contributed by atoms with Crippen molar-refractivity contribution in [2.45, 2.75) is 19.0 Å². The summed E-state index contributed by atoms with van der Waals surface area (Å²) in [4.78, 5) is 30.2. The summed E-state index contributed by atoms with van der Waals surface area (Å²) in [5.74, 6) is 1.01. The monoisotopic (exact) mass is 453 g/mol. The summed E-state index contributed by atoms with van der Waals surface area (Å²) >= 11 is 0. The summed E-state index contributed by atoms with van der Waals surface area (Å²) in [6, 6.07) is 12.7. The maximum atomic E-state index is 13.2. The van der Waals surface area contributed by atoms with E-state index < -0.39 is 6.04 Å². The Bertz CT molecular complexity index is 990. The summed E-state index contributed by atoms with van der Waals surface area (Å²) in [6.45, 7) is 5.03. The molecule has 0 radical (unpaired) electrons. The standard InChI is InChI=1S/C25H31N3O5/c1-31-22-8-7-18(15-23(22)32-2)21(28-17-19-5-3-4-6-20(19)25(28)30)16-24(29)26-9-10-27-11-13-33-14-12-27/h3-8,15,21H,9-14,16-17H2,1-2H3,(H,26,29)/t21-/m0/s1. The highest BCUT2D eigenvalue weighted by molar-refractivity contribution is 5.98. The van der Waals surface area contributed by atoms with Crippen LogP contribution in [-0.2, 0) is 16.1 Å². The van der Waals surface area contributed by atoms with Crippen molar-refractivity contribution in [3.05, 3.63) is 59.2 Å². The minimum absolute atomic E-state index is 0.0634. The van der Waals surface area contributed by atoms with Gasteiger partial charge in [0.1, 0.15) is 0 Å². The van der Waals surface area contributed by atoms with Gasteiger partial charge >= 0.3 is 0 Å². The molecule has 1 N–H and O–H groups in total. The summed E-state index contributed by atoms with van der Waals surface area (Å²) in [5, 5.41) is 3.03. The second-order valence-corrected chi connectivity index (χ2v) is 8.23. The lowest BCUT2D eigenvalue weighted by molar-refractivity contribution is -0.122. The second-order valence-electron chi connectivity index (χ2n) is 8.23. The lowest BCUT2D eigenvalue weighted by Gasteiger charge is -2.29. The topological polar surface area (TPSA) is 80.3 Å². The van der Waals surface area contributed by atoms with Crippen molar-refractivity contribution >= 4 is 11.8 Å². The highest BCUT2D eigenvalue weighted by Crippen LogP contribution is 2.37. The minimum atomic E-state index is -0.423. The predicted molar refractivity (Wildman–Crippen MR) is 123 cm³/mol. The number of benzene rings is 2. The van der Waals surface area contributed by atoms with Crippen LogP contribution in [0.1, 0.15) is 33.9 Å². The average Bonchev–Trinajstić information content (AvgIpc) is 3.19. The van der Waals surface area contributed by atoms with Crippen LogP contribution in [-0.4, -0.2) is 75.2 Å². The first kappa shape index (κ1) is 23.1. The third kappa shape index (κ3) is 5.29. The van der Waals surface area contributed by atoms with Crippen LogP contribution in [0.15, 0.2) is 42.5 Å². The molecule has 176 valence electrons. The van der Waals surface area contributed by atoms with Crippen molar-refractivity contribution in [2.24, 2.45) is 0 Å². The molecule has 2 aromatic carbocycles. The number of nitrogens with one attached hydrogen (secondary N) is 1. The lowest BCUT2D eigenvalue weighted by atomic mass is 10.0. The van der Waals surface area contributed by atoms with Crippen LogP contribution in [0.3, 0.4) is 0 Å². The normalized spacial score (nSPS) is 16.9. The number of methoxy groups -OCH3 is 2. The van der Waals surface area contributed by atoms with Gasteiger partial charge in [0.15, 0.2) is 11.5 Å². The number of rotatable bonds is 9. The molecule has 2 aromatic rings. The molecule has 33 heavy (non-hydrogen) atoms. The molecule has 0 unspecified atom stereocenters. The first-order valence-corrected chi connectivity index (χ1v) is 11.3. The van der Waals surface area contributed by atoms with E-state index >= 15 is 0 Å². The highest BCUT2D eigenvalue weighted by atomic mass is 16.5. The molecule has 1 atom stereocenters. The van der Waals surface area contributed by atoms with Crippen molar-refractivity contribution in [1.29, 1.82) is 0 Å². The fourth-order valence-corrected chi connectivity index (χ4v) is 4.42. The van der Waals surface area contributed by atoms with Gasteiger partial charge in [-0.2, -0.15) is 0 Å².